The van der Waals surface area contributed by atoms with E-state index in [1.807, 2.05) is 60.7 Å². The van der Waals surface area contributed by atoms with Crippen molar-refractivity contribution in [2.24, 2.45) is 0 Å². The van der Waals surface area contributed by atoms with Crippen LogP contribution in [0.15, 0.2) is 79.0 Å². The molecule has 0 saturated carbocycles. The number of benzene rings is 3. The Kier molecular flexibility index (Phi) is 6.73. The highest BCUT2D eigenvalue weighted by molar-refractivity contribution is 6.06. The third-order valence-electron chi connectivity index (χ3n) is 5.36. The number of nitrogens with zero attached hydrogens (tertiary/aromatic N) is 1. The molecule has 0 spiro atoms. The molecule has 0 bridgehead atoms. The lowest BCUT2D eigenvalue weighted by atomic mass is 10.0. The second-order valence-corrected chi connectivity index (χ2v) is 8.10. The molecule has 0 unspecified atom stereocenters. The van der Waals surface area contributed by atoms with Crippen molar-refractivity contribution in [2.75, 3.05) is 17.7 Å². The van der Waals surface area contributed by atoms with Crippen LogP contribution in [0, 0.1) is 0 Å². The number of fused-ring (bicyclic) bond motifs is 1. The molecule has 0 saturated heterocycles. The minimum atomic E-state index is -0.316. The number of pyridine rings is 1. The van der Waals surface area contributed by atoms with Crippen molar-refractivity contribution in [1.82, 2.24) is 10.3 Å². The highest BCUT2D eigenvalue weighted by atomic mass is 16.5. The lowest BCUT2D eigenvalue weighted by molar-refractivity contribution is 0.0958. The summed E-state index contributed by atoms with van der Waals surface area (Å²) in [6.45, 7) is 4.26. The molecule has 0 aliphatic carbocycles. The Labute approximate surface area is 198 Å². The first-order chi connectivity index (χ1) is 16.4. The second-order valence-electron chi connectivity index (χ2n) is 8.10. The van der Waals surface area contributed by atoms with Crippen LogP contribution < -0.4 is 20.7 Å². The van der Waals surface area contributed by atoms with Crippen LogP contribution in [0.5, 0.6) is 11.5 Å². The summed E-state index contributed by atoms with van der Waals surface area (Å²) in [5.74, 6) is 1.26. The molecule has 3 amide bonds. The number of nitrogens with one attached hydrogen (secondary N) is 3. The predicted octanol–water partition coefficient (Wildman–Crippen LogP) is 6.15. The van der Waals surface area contributed by atoms with E-state index in [9.17, 15) is 9.59 Å². The minimum absolute atomic E-state index is 0.275. The zero-order chi connectivity index (χ0) is 24.1. The summed E-state index contributed by atoms with van der Waals surface area (Å²) in [5, 5.41) is 10.1. The highest BCUT2D eigenvalue weighted by Gasteiger charge is 2.10. The van der Waals surface area contributed by atoms with Gasteiger partial charge < -0.3 is 20.7 Å². The maximum atomic E-state index is 12.6. The number of aromatic nitrogens is 1. The number of rotatable bonds is 6. The summed E-state index contributed by atoms with van der Waals surface area (Å²) in [7, 11) is 1.55. The quantitative estimate of drug-likeness (QED) is 0.326. The van der Waals surface area contributed by atoms with E-state index in [-0.39, 0.29) is 17.6 Å². The Hall–Kier alpha value is -4.39. The molecule has 0 radical (unpaired) electrons. The van der Waals surface area contributed by atoms with E-state index in [1.54, 1.807) is 19.2 Å². The number of urea groups is 1. The summed E-state index contributed by atoms with van der Waals surface area (Å²) in [6, 6.07) is 22.0. The summed E-state index contributed by atoms with van der Waals surface area (Å²) in [5.41, 5.74) is 2.91. The van der Waals surface area contributed by atoms with Gasteiger partial charge in [0.2, 0.25) is 0 Å². The van der Waals surface area contributed by atoms with Crippen LogP contribution in [0.4, 0.5) is 16.2 Å². The molecule has 4 aromatic rings. The van der Waals surface area contributed by atoms with E-state index in [4.69, 9.17) is 4.74 Å². The van der Waals surface area contributed by atoms with Crippen molar-refractivity contribution in [3.05, 3.63) is 90.3 Å². The molecule has 0 fully saturated rings. The fourth-order valence-electron chi connectivity index (χ4n) is 3.53. The number of hydrogen-bond donors (Lipinski definition) is 3. The van der Waals surface area contributed by atoms with Gasteiger partial charge in [-0.15, -0.1) is 0 Å². The zero-order valence-corrected chi connectivity index (χ0v) is 19.3. The molecule has 3 aromatic carbocycles. The van der Waals surface area contributed by atoms with Gasteiger partial charge in [-0.05, 0) is 59.3 Å². The number of amides is 3. The third-order valence-corrected chi connectivity index (χ3v) is 5.36. The molecule has 7 nitrogen and oxygen atoms in total. The molecule has 0 aliphatic heterocycles. The average Bonchev–Trinajstić information content (AvgIpc) is 2.84. The molecule has 7 heteroatoms. The topological polar surface area (TPSA) is 92.4 Å². The van der Waals surface area contributed by atoms with Crippen molar-refractivity contribution in [3.63, 3.8) is 0 Å². The van der Waals surface area contributed by atoms with Crippen LogP contribution in [0.3, 0.4) is 0 Å². The first-order valence-electron chi connectivity index (χ1n) is 11.0. The van der Waals surface area contributed by atoms with Gasteiger partial charge in [-0.25, -0.2) is 4.79 Å². The first-order valence-corrected chi connectivity index (χ1v) is 11.0. The summed E-state index contributed by atoms with van der Waals surface area (Å²) in [6.07, 6.45) is 1.53. The maximum Gasteiger partial charge on any atom is 0.323 e. The van der Waals surface area contributed by atoms with Gasteiger partial charge >= 0.3 is 6.03 Å². The van der Waals surface area contributed by atoms with Gasteiger partial charge in [0.05, 0.1) is 5.69 Å². The number of ether oxygens (including phenoxy) is 1. The van der Waals surface area contributed by atoms with Gasteiger partial charge in [0.25, 0.3) is 5.91 Å². The van der Waals surface area contributed by atoms with Crippen LogP contribution in [-0.4, -0.2) is 24.0 Å². The summed E-state index contributed by atoms with van der Waals surface area (Å²) >= 11 is 0. The second kappa shape index (κ2) is 10.0. The largest absolute Gasteiger partial charge is 0.457 e. The molecule has 1 heterocycles. The van der Waals surface area contributed by atoms with Crippen LogP contribution in [0.25, 0.3) is 10.8 Å². The Morgan fingerprint density at radius 1 is 0.882 bits per heavy atom. The van der Waals surface area contributed by atoms with Crippen molar-refractivity contribution in [1.29, 1.82) is 0 Å². The maximum absolute atomic E-state index is 12.6. The van der Waals surface area contributed by atoms with Crippen molar-refractivity contribution in [2.45, 2.75) is 19.8 Å². The van der Waals surface area contributed by atoms with Crippen molar-refractivity contribution in [3.8, 4) is 11.5 Å². The molecule has 1 aromatic heterocycles. The molecule has 3 N–H and O–H groups in total. The molecular formula is C27H26N4O3. The van der Waals surface area contributed by atoms with E-state index in [2.05, 4.69) is 34.8 Å². The smallest absolute Gasteiger partial charge is 0.323 e. The monoisotopic (exact) mass is 454 g/mol. The van der Waals surface area contributed by atoms with Crippen LogP contribution in [0.1, 0.15) is 35.8 Å². The SMILES string of the molecule is CNC(=O)c1cc(Oc2ccc3c(NC(=O)Nc4ccc(C(C)C)cc4)cccc3c2)ccn1. The molecule has 0 atom stereocenters. The standard InChI is InChI=1S/C27H26N4O3/c1-17(2)18-7-9-20(10-8-18)30-27(33)31-24-6-4-5-19-15-21(11-12-23(19)24)34-22-13-14-29-25(16-22)26(32)28-3/h4-17H,1-3H3,(H,28,32)(H2,30,31,33). The summed E-state index contributed by atoms with van der Waals surface area (Å²) < 4.78 is 5.93. The molecule has 34 heavy (non-hydrogen) atoms. The Morgan fingerprint density at radius 2 is 1.65 bits per heavy atom. The van der Waals surface area contributed by atoms with Crippen LogP contribution >= 0.6 is 0 Å². The molecular weight excluding hydrogens is 428 g/mol. The molecule has 172 valence electrons. The fraction of sp³-hybridized carbons (Fsp3) is 0.148. The fourth-order valence-corrected chi connectivity index (χ4v) is 3.53. The van der Waals surface area contributed by atoms with E-state index in [0.29, 0.717) is 23.1 Å². The van der Waals surface area contributed by atoms with E-state index in [0.717, 1.165) is 16.5 Å². The number of carbonyl (C=O) groups is 2. The van der Waals surface area contributed by atoms with Crippen molar-refractivity contribution >= 4 is 34.1 Å². The Balaban J connectivity index is 1.48. The van der Waals surface area contributed by atoms with Gasteiger partial charge in [-0.3, -0.25) is 9.78 Å². The Morgan fingerprint density at radius 3 is 2.38 bits per heavy atom. The molecule has 0 aliphatic rings. The van der Waals surface area contributed by atoms with Crippen LogP contribution in [0.2, 0.25) is 0 Å². The Bertz CT molecular complexity index is 1330. The van der Waals surface area contributed by atoms with E-state index in [1.165, 1.54) is 11.8 Å². The van der Waals surface area contributed by atoms with Gasteiger partial charge in [-0.1, -0.05) is 38.1 Å². The third kappa shape index (κ3) is 5.32. The number of anilines is 2. The minimum Gasteiger partial charge on any atom is -0.457 e. The van der Waals surface area contributed by atoms with Crippen LogP contribution in [-0.2, 0) is 0 Å². The van der Waals surface area contributed by atoms with Gasteiger partial charge in [0.15, 0.2) is 0 Å². The highest BCUT2D eigenvalue weighted by Crippen LogP contribution is 2.30. The van der Waals surface area contributed by atoms with E-state index >= 15 is 0 Å². The average molecular weight is 455 g/mol. The first kappa shape index (κ1) is 22.8. The zero-order valence-electron chi connectivity index (χ0n) is 19.3. The lowest BCUT2D eigenvalue weighted by Crippen LogP contribution is -2.19. The number of hydrogen-bond acceptors (Lipinski definition) is 4. The normalized spacial score (nSPS) is 10.7. The van der Waals surface area contributed by atoms with E-state index < -0.39 is 0 Å². The molecule has 4 rings (SSSR count). The van der Waals surface area contributed by atoms with Gasteiger partial charge in [0, 0.05) is 30.4 Å². The summed E-state index contributed by atoms with van der Waals surface area (Å²) in [4.78, 5) is 28.4. The van der Waals surface area contributed by atoms with Crippen molar-refractivity contribution < 1.29 is 14.3 Å². The van der Waals surface area contributed by atoms with Gasteiger partial charge in [-0.2, -0.15) is 0 Å². The van der Waals surface area contributed by atoms with Gasteiger partial charge in [0.1, 0.15) is 17.2 Å². The lowest BCUT2D eigenvalue weighted by Gasteiger charge is -2.12. The predicted molar refractivity (Wildman–Crippen MR) is 135 cm³/mol. The number of carbonyl (C=O) groups excluding carboxylic acids is 2.